The molecular weight excluding hydrogens is 598 g/mol. The number of thiazole rings is 1. The molecule has 3 rings (SSSR count). The van der Waals surface area contributed by atoms with Gasteiger partial charge in [-0.25, -0.2) is 4.79 Å². The van der Waals surface area contributed by atoms with Crippen LogP contribution in [-0.2, 0) is 6.54 Å². The summed E-state index contributed by atoms with van der Waals surface area (Å²) < 4.78 is 13.8. The highest BCUT2D eigenvalue weighted by Gasteiger charge is 2.14. The maximum absolute atomic E-state index is 12.8. The summed E-state index contributed by atoms with van der Waals surface area (Å²) in [4.78, 5) is 14.1. The highest BCUT2D eigenvalue weighted by Crippen LogP contribution is 2.35. The number of ether oxygens (including phenoxy) is 2. The van der Waals surface area contributed by atoms with Crippen molar-refractivity contribution < 1.29 is 35.8 Å². The number of para-hydroxylation sites is 1. The lowest BCUT2D eigenvalue weighted by molar-refractivity contribution is -0.683. The molecule has 0 atom stereocenters. The van der Waals surface area contributed by atoms with Gasteiger partial charge in [-0.05, 0) is 37.6 Å². The first kappa shape index (κ1) is 34.6. The molecule has 226 valence electrons. The molecule has 0 unspecified atom stereocenters. The number of hydrogen-bond donors (Lipinski definition) is 2. The van der Waals surface area contributed by atoms with Crippen molar-refractivity contribution in [1.29, 1.82) is 0 Å². The van der Waals surface area contributed by atoms with Crippen molar-refractivity contribution in [2.75, 3.05) is 24.4 Å². The molecule has 0 fully saturated rings. The van der Waals surface area contributed by atoms with Crippen molar-refractivity contribution in [1.82, 2.24) is 0 Å². The highest BCUT2D eigenvalue weighted by molar-refractivity contribution is 7.09. The smallest absolute Gasteiger partial charge is 0.323 e. The molecule has 6 nitrogen and oxygen atoms in total. The van der Waals surface area contributed by atoms with Gasteiger partial charge in [0.2, 0.25) is 5.51 Å². The fourth-order valence-electron chi connectivity index (χ4n) is 4.76. The standard InChI is InChI=1S/C33H47N3O3S.BrH/c1-4-5-6-7-8-9-10-11-12-13-14-15-23-39-32-30(17-16-18-31(32)38-3)35-33(37)34-29-21-19-28(20-22-29)25-36-24-27(2)40-26-36;/h16-22,24,26H,4-15,23,25H2,1-3H3,(H-,34,35,37);1H. The number of carbonyl (C=O) groups excluding carboxylic acids is 1. The third-order valence-electron chi connectivity index (χ3n) is 6.99. The Bertz CT molecular complexity index is 1140. The minimum Gasteiger partial charge on any atom is -1.00 e. The normalized spacial score (nSPS) is 10.6. The molecule has 0 aliphatic rings. The third kappa shape index (κ3) is 13.3. The highest BCUT2D eigenvalue weighted by atomic mass is 79.9. The van der Waals surface area contributed by atoms with Crippen molar-refractivity contribution in [3.8, 4) is 11.5 Å². The Labute approximate surface area is 261 Å². The number of anilines is 2. The van der Waals surface area contributed by atoms with Gasteiger partial charge in [0.15, 0.2) is 24.2 Å². The van der Waals surface area contributed by atoms with Crippen molar-refractivity contribution in [2.24, 2.45) is 0 Å². The van der Waals surface area contributed by atoms with Gasteiger partial charge in [0.25, 0.3) is 0 Å². The van der Waals surface area contributed by atoms with Crippen LogP contribution in [0.15, 0.2) is 54.2 Å². The summed E-state index contributed by atoms with van der Waals surface area (Å²) in [6, 6.07) is 13.1. The number of unbranched alkanes of at least 4 members (excludes halogenated alkanes) is 11. The zero-order valence-corrected chi connectivity index (χ0v) is 27.5. The Hall–Kier alpha value is -2.58. The summed E-state index contributed by atoms with van der Waals surface area (Å²) in [6.07, 6.45) is 17.8. The van der Waals surface area contributed by atoms with E-state index in [4.69, 9.17) is 9.47 Å². The molecule has 1 heterocycles. The average molecular weight is 647 g/mol. The Balaban J connectivity index is 0.00000588. The van der Waals surface area contributed by atoms with E-state index in [2.05, 4.69) is 40.8 Å². The van der Waals surface area contributed by atoms with E-state index in [-0.39, 0.29) is 23.0 Å². The second kappa shape index (κ2) is 20.3. The number of aryl methyl sites for hydroxylation is 1. The largest absolute Gasteiger partial charge is 1.00 e. The van der Waals surface area contributed by atoms with E-state index >= 15 is 0 Å². The molecule has 0 saturated heterocycles. The number of hydrogen-bond acceptors (Lipinski definition) is 4. The van der Waals surface area contributed by atoms with E-state index in [1.807, 2.05) is 42.5 Å². The molecule has 3 aromatic rings. The Morgan fingerprint density at radius 3 is 2.07 bits per heavy atom. The van der Waals surface area contributed by atoms with Gasteiger partial charge < -0.3 is 37.1 Å². The number of urea groups is 1. The molecule has 1 aromatic heterocycles. The van der Waals surface area contributed by atoms with Gasteiger partial charge in [0, 0.05) is 11.3 Å². The summed E-state index contributed by atoms with van der Waals surface area (Å²) in [6.45, 7) is 5.77. The second-order valence-electron chi connectivity index (χ2n) is 10.5. The molecule has 0 aliphatic heterocycles. The van der Waals surface area contributed by atoms with E-state index in [1.165, 1.54) is 74.6 Å². The van der Waals surface area contributed by atoms with E-state index in [0.717, 1.165) is 25.1 Å². The van der Waals surface area contributed by atoms with E-state index < -0.39 is 0 Å². The van der Waals surface area contributed by atoms with E-state index in [1.54, 1.807) is 18.4 Å². The minimum atomic E-state index is -0.320. The van der Waals surface area contributed by atoms with Crippen LogP contribution in [0.25, 0.3) is 0 Å². The number of benzene rings is 2. The van der Waals surface area contributed by atoms with Crippen molar-refractivity contribution in [3.05, 3.63) is 64.6 Å². The molecule has 41 heavy (non-hydrogen) atoms. The summed E-state index contributed by atoms with van der Waals surface area (Å²) in [7, 11) is 1.62. The molecule has 2 amide bonds. The Kier molecular flexibility index (Phi) is 17.2. The quantitative estimate of drug-likeness (QED) is 0.122. The lowest BCUT2D eigenvalue weighted by Gasteiger charge is -2.16. The molecule has 0 aliphatic carbocycles. The number of rotatable bonds is 19. The third-order valence-corrected chi connectivity index (χ3v) is 7.84. The first-order chi connectivity index (χ1) is 19.6. The van der Waals surface area contributed by atoms with E-state index in [9.17, 15) is 4.79 Å². The number of nitrogens with zero attached hydrogens (tertiary/aromatic N) is 1. The molecular formula is C33H48BrN3O3S. The summed E-state index contributed by atoms with van der Waals surface area (Å²) in [5, 5.41) is 5.85. The van der Waals surface area contributed by atoms with Crippen LogP contribution in [0.2, 0.25) is 0 Å². The van der Waals surface area contributed by atoms with Crippen LogP contribution in [-0.4, -0.2) is 19.7 Å². The van der Waals surface area contributed by atoms with Crippen molar-refractivity contribution in [3.63, 3.8) is 0 Å². The van der Waals surface area contributed by atoms with Crippen LogP contribution in [0.1, 0.15) is 94.4 Å². The Morgan fingerprint density at radius 1 is 0.854 bits per heavy atom. The lowest BCUT2D eigenvalue weighted by Crippen LogP contribution is -3.00. The first-order valence-electron chi connectivity index (χ1n) is 15.0. The van der Waals surface area contributed by atoms with Crippen molar-refractivity contribution in [2.45, 2.75) is 97.4 Å². The zero-order valence-electron chi connectivity index (χ0n) is 25.1. The van der Waals surface area contributed by atoms with Crippen LogP contribution in [0.5, 0.6) is 11.5 Å². The molecule has 0 radical (unpaired) electrons. The van der Waals surface area contributed by atoms with Gasteiger partial charge in [-0.1, -0.05) is 107 Å². The van der Waals surface area contributed by atoms with Gasteiger partial charge in [-0.2, -0.15) is 4.57 Å². The molecule has 0 saturated carbocycles. The number of aromatic nitrogens is 1. The summed E-state index contributed by atoms with van der Waals surface area (Å²) >= 11 is 1.73. The van der Waals surface area contributed by atoms with Gasteiger partial charge in [-0.15, -0.1) is 0 Å². The zero-order chi connectivity index (χ0) is 28.4. The second-order valence-corrected chi connectivity index (χ2v) is 11.6. The molecule has 8 heteroatoms. The topological polar surface area (TPSA) is 63.5 Å². The van der Waals surface area contributed by atoms with Crippen LogP contribution < -0.4 is 41.7 Å². The SMILES string of the molecule is CCCCCCCCCCCCCCOc1c(NC(=O)Nc2ccc(C[n+]3csc(C)c3)cc2)cccc1OC.[Br-]. The van der Waals surface area contributed by atoms with Gasteiger partial charge in [0.1, 0.15) is 0 Å². The van der Waals surface area contributed by atoms with Crippen molar-refractivity contribution >= 4 is 28.7 Å². The maximum atomic E-state index is 12.8. The summed E-state index contributed by atoms with van der Waals surface area (Å²) in [5.74, 6) is 1.18. The fraction of sp³-hybridized carbons (Fsp3) is 0.515. The summed E-state index contributed by atoms with van der Waals surface area (Å²) in [5.41, 5.74) is 4.61. The molecule has 0 spiro atoms. The van der Waals surface area contributed by atoms with Crippen LogP contribution in [0.4, 0.5) is 16.2 Å². The van der Waals surface area contributed by atoms with Gasteiger partial charge in [-0.3, -0.25) is 0 Å². The molecule has 2 aromatic carbocycles. The predicted molar refractivity (Wildman–Crippen MR) is 167 cm³/mol. The van der Waals surface area contributed by atoms with Crippen LogP contribution >= 0.6 is 11.3 Å². The predicted octanol–water partition coefficient (Wildman–Crippen LogP) is 6.13. The number of amides is 2. The monoisotopic (exact) mass is 645 g/mol. The molecule has 0 bridgehead atoms. The first-order valence-corrected chi connectivity index (χ1v) is 15.9. The van der Waals surface area contributed by atoms with Crippen LogP contribution in [0, 0.1) is 6.92 Å². The lowest BCUT2D eigenvalue weighted by atomic mass is 10.1. The number of methoxy groups -OCH3 is 1. The fourth-order valence-corrected chi connectivity index (χ4v) is 5.39. The minimum absolute atomic E-state index is 0. The maximum Gasteiger partial charge on any atom is 0.323 e. The van der Waals surface area contributed by atoms with Gasteiger partial charge in [0.05, 0.1) is 24.3 Å². The number of nitrogens with one attached hydrogen (secondary N) is 2. The number of halogens is 1. The Morgan fingerprint density at radius 2 is 1.49 bits per heavy atom. The molecule has 2 N–H and O–H groups in total. The average Bonchev–Trinajstić information content (AvgIpc) is 3.37. The van der Waals surface area contributed by atoms with E-state index in [0.29, 0.717) is 23.8 Å². The van der Waals surface area contributed by atoms with Gasteiger partial charge >= 0.3 is 6.03 Å². The number of carbonyl (C=O) groups is 1. The van der Waals surface area contributed by atoms with Crippen LogP contribution in [0.3, 0.4) is 0 Å².